The van der Waals surface area contributed by atoms with Gasteiger partial charge in [-0.05, 0) is 24.5 Å². The standard InChI is InChI=1S/C23H39N5O3/c1-5-24-23(26-11-17-31-21-9-7-6-8-20(21)19(2)3)28-14-12-27(13-15-28)18-22(29)25-10-16-30-4/h6-9,19H,5,10-18H2,1-4H3,(H,24,26)(H,25,29). The number of nitrogens with zero attached hydrogens (tertiary/aromatic N) is 3. The topological polar surface area (TPSA) is 78.4 Å². The highest BCUT2D eigenvalue weighted by Gasteiger charge is 2.21. The number of amides is 1. The Hall–Kier alpha value is -2.32. The largest absolute Gasteiger partial charge is 0.491 e. The number of methoxy groups -OCH3 is 1. The molecule has 0 saturated carbocycles. The summed E-state index contributed by atoms with van der Waals surface area (Å²) in [5.41, 5.74) is 1.22. The number of hydrogen-bond donors (Lipinski definition) is 2. The fourth-order valence-electron chi connectivity index (χ4n) is 3.49. The average Bonchev–Trinajstić information content (AvgIpc) is 2.77. The van der Waals surface area contributed by atoms with Gasteiger partial charge in [0.1, 0.15) is 12.4 Å². The van der Waals surface area contributed by atoms with Crippen LogP contribution in [-0.4, -0.2) is 94.3 Å². The van der Waals surface area contributed by atoms with Crippen molar-refractivity contribution >= 4 is 11.9 Å². The van der Waals surface area contributed by atoms with Crippen LogP contribution < -0.4 is 15.4 Å². The van der Waals surface area contributed by atoms with E-state index in [0.717, 1.165) is 44.4 Å². The van der Waals surface area contributed by atoms with E-state index in [-0.39, 0.29) is 5.91 Å². The average molecular weight is 434 g/mol. The second-order valence-electron chi connectivity index (χ2n) is 7.88. The minimum Gasteiger partial charge on any atom is -0.491 e. The molecule has 0 aromatic heterocycles. The van der Waals surface area contributed by atoms with Crippen molar-refractivity contribution in [2.45, 2.75) is 26.7 Å². The van der Waals surface area contributed by atoms with Crippen LogP contribution in [-0.2, 0) is 9.53 Å². The molecular formula is C23H39N5O3. The highest BCUT2D eigenvalue weighted by Crippen LogP contribution is 2.25. The lowest BCUT2D eigenvalue weighted by atomic mass is 10.0. The number of carbonyl (C=O) groups excluding carboxylic acids is 1. The molecule has 1 aromatic carbocycles. The maximum Gasteiger partial charge on any atom is 0.234 e. The first-order valence-corrected chi connectivity index (χ1v) is 11.3. The smallest absolute Gasteiger partial charge is 0.234 e. The van der Waals surface area contributed by atoms with Gasteiger partial charge in [-0.1, -0.05) is 32.0 Å². The number of piperazine rings is 1. The Morgan fingerprint density at radius 3 is 2.55 bits per heavy atom. The van der Waals surface area contributed by atoms with E-state index in [0.29, 0.717) is 38.8 Å². The molecule has 0 radical (unpaired) electrons. The predicted octanol–water partition coefficient (Wildman–Crippen LogP) is 1.53. The minimum absolute atomic E-state index is 0.0462. The van der Waals surface area contributed by atoms with Crippen molar-refractivity contribution in [3.63, 3.8) is 0 Å². The van der Waals surface area contributed by atoms with E-state index in [1.54, 1.807) is 7.11 Å². The third kappa shape index (κ3) is 8.75. The quantitative estimate of drug-likeness (QED) is 0.313. The van der Waals surface area contributed by atoms with Crippen molar-refractivity contribution < 1.29 is 14.3 Å². The Morgan fingerprint density at radius 1 is 1.13 bits per heavy atom. The molecule has 1 aliphatic rings. The molecule has 0 aliphatic carbocycles. The number of aliphatic imine (C=N–C) groups is 1. The van der Waals surface area contributed by atoms with Gasteiger partial charge >= 0.3 is 0 Å². The molecule has 0 spiro atoms. The summed E-state index contributed by atoms with van der Waals surface area (Å²) in [6.45, 7) is 13.2. The number of carbonyl (C=O) groups is 1. The monoisotopic (exact) mass is 433 g/mol. The Bertz CT molecular complexity index is 688. The van der Waals surface area contributed by atoms with Gasteiger partial charge in [-0.25, -0.2) is 4.99 Å². The van der Waals surface area contributed by atoms with Crippen molar-refractivity contribution in [3.8, 4) is 5.75 Å². The van der Waals surface area contributed by atoms with Gasteiger partial charge in [0.25, 0.3) is 0 Å². The number of ether oxygens (including phenoxy) is 2. The summed E-state index contributed by atoms with van der Waals surface area (Å²) in [6.07, 6.45) is 0. The Morgan fingerprint density at radius 2 is 1.87 bits per heavy atom. The molecule has 1 heterocycles. The zero-order valence-electron chi connectivity index (χ0n) is 19.5. The van der Waals surface area contributed by atoms with E-state index in [4.69, 9.17) is 14.5 Å². The number of benzene rings is 1. The molecule has 2 rings (SSSR count). The molecule has 1 aliphatic heterocycles. The number of guanidine groups is 1. The molecule has 1 aromatic rings. The first-order chi connectivity index (χ1) is 15.0. The summed E-state index contributed by atoms with van der Waals surface area (Å²) in [6, 6.07) is 8.19. The summed E-state index contributed by atoms with van der Waals surface area (Å²) in [5, 5.41) is 6.25. The zero-order valence-corrected chi connectivity index (χ0v) is 19.5. The second-order valence-corrected chi connectivity index (χ2v) is 7.88. The van der Waals surface area contributed by atoms with Gasteiger partial charge in [0.15, 0.2) is 5.96 Å². The first-order valence-electron chi connectivity index (χ1n) is 11.3. The van der Waals surface area contributed by atoms with Crippen molar-refractivity contribution in [1.29, 1.82) is 0 Å². The molecule has 8 nitrogen and oxygen atoms in total. The molecule has 1 fully saturated rings. The second kappa shape index (κ2) is 13.9. The molecule has 8 heteroatoms. The van der Waals surface area contributed by atoms with Crippen molar-refractivity contribution in [3.05, 3.63) is 29.8 Å². The molecule has 1 amide bonds. The number of para-hydroxylation sites is 1. The first kappa shape index (κ1) is 24.9. The van der Waals surface area contributed by atoms with E-state index < -0.39 is 0 Å². The highest BCUT2D eigenvalue weighted by atomic mass is 16.5. The van der Waals surface area contributed by atoms with E-state index in [1.165, 1.54) is 5.56 Å². The molecule has 31 heavy (non-hydrogen) atoms. The van der Waals surface area contributed by atoms with Gasteiger partial charge in [0.2, 0.25) is 5.91 Å². The van der Waals surface area contributed by atoms with Crippen molar-refractivity contribution in [2.24, 2.45) is 4.99 Å². The third-order valence-electron chi connectivity index (χ3n) is 5.15. The van der Waals surface area contributed by atoms with Crippen LogP contribution >= 0.6 is 0 Å². The Kier molecular flexibility index (Phi) is 11.2. The van der Waals surface area contributed by atoms with Crippen LogP contribution in [0.15, 0.2) is 29.3 Å². The summed E-state index contributed by atoms with van der Waals surface area (Å²) in [4.78, 5) is 21.2. The lowest BCUT2D eigenvalue weighted by molar-refractivity contribution is -0.122. The molecule has 1 saturated heterocycles. The summed E-state index contributed by atoms with van der Waals surface area (Å²) >= 11 is 0. The lowest BCUT2D eigenvalue weighted by Gasteiger charge is -2.36. The molecule has 0 unspecified atom stereocenters. The van der Waals surface area contributed by atoms with Crippen LogP contribution in [0.3, 0.4) is 0 Å². The van der Waals surface area contributed by atoms with Gasteiger partial charge in [-0.3, -0.25) is 9.69 Å². The van der Waals surface area contributed by atoms with E-state index >= 15 is 0 Å². The van der Waals surface area contributed by atoms with Gasteiger partial charge in [-0.2, -0.15) is 0 Å². The summed E-state index contributed by atoms with van der Waals surface area (Å²) < 4.78 is 11.0. The van der Waals surface area contributed by atoms with Crippen LogP contribution in [0.5, 0.6) is 5.75 Å². The Labute approximate surface area is 187 Å². The van der Waals surface area contributed by atoms with Crippen LogP contribution in [0, 0.1) is 0 Å². The van der Waals surface area contributed by atoms with Crippen LogP contribution in [0.4, 0.5) is 0 Å². The molecule has 0 bridgehead atoms. The molecule has 174 valence electrons. The molecular weight excluding hydrogens is 394 g/mol. The van der Waals surface area contributed by atoms with E-state index in [9.17, 15) is 4.79 Å². The number of hydrogen-bond acceptors (Lipinski definition) is 5. The van der Waals surface area contributed by atoms with Crippen LogP contribution in [0.2, 0.25) is 0 Å². The maximum atomic E-state index is 12.0. The van der Waals surface area contributed by atoms with Gasteiger partial charge in [0, 0.05) is 46.4 Å². The van der Waals surface area contributed by atoms with Crippen LogP contribution in [0.25, 0.3) is 0 Å². The summed E-state index contributed by atoms with van der Waals surface area (Å²) in [5.74, 6) is 2.32. The van der Waals surface area contributed by atoms with Crippen LogP contribution in [0.1, 0.15) is 32.3 Å². The minimum atomic E-state index is 0.0462. The third-order valence-corrected chi connectivity index (χ3v) is 5.15. The Balaban J connectivity index is 1.79. The van der Waals surface area contributed by atoms with E-state index in [1.807, 2.05) is 18.2 Å². The van der Waals surface area contributed by atoms with Gasteiger partial charge < -0.3 is 25.0 Å². The summed E-state index contributed by atoms with van der Waals surface area (Å²) in [7, 11) is 1.63. The zero-order chi connectivity index (χ0) is 22.5. The highest BCUT2D eigenvalue weighted by molar-refractivity contribution is 5.80. The molecule has 0 atom stereocenters. The normalized spacial score (nSPS) is 15.3. The van der Waals surface area contributed by atoms with E-state index in [2.05, 4.69) is 47.3 Å². The van der Waals surface area contributed by atoms with Crippen molar-refractivity contribution in [2.75, 3.05) is 72.7 Å². The predicted molar refractivity (Wildman–Crippen MR) is 125 cm³/mol. The fourth-order valence-corrected chi connectivity index (χ4v) is 3.49. The molecule has 2 N–H and O–H groups in total. The lowest BCUT2D eigenvalue weighted by Crippen LogP contribution is -2.54. The SMILES string of the molecule is CCNC(=NCCOc1ccccc1C(C)C)N1CCN(CC(=O)NCCOC)CC1. The maximum absolute atomic E-state index is 12.0. The van der Waals surface area contributed by atoms with Crippen molar-refractivity contribution in [1.82, 2.24) is 20.4 Å². The number of rotatable bonds is 11. The fraction of sp³-hybridized carbons (Fsp3) is 0.652. The number of nitrogens with one attached hydrogen (secondary N) is 2. The van der Waals surface area contributed by atoms with Gasteiger partial charge in [-0.15, -0.1) is 0 Å². The van der Waals surface area contributed by atoms with Gasteiger partial charge in [0.05, 0.1) is 19.7 Å².